The van der Waals surface area contributed by atoms with E-state index in [2.05, 4.69) is 10.3 Å². The van der Waals surface area contributed by atoms with E-state index in [0.717, 1.165) is 24.4 Å². The highest BCUT2D eigenvalue weighted by Crippen LogP contribution is 2.33. The molecule has 0 bridgehead atoms. The van der Waals surface area contributed by atoms with Gasteiger partial charge >= 0.3 is 0 Å². The third-order valence-corrected chi connectivity index (χ3v) is 3.35. The summed E-state index contributed by atoms with van der Waals surface area (Å²) in [6.45, 7) is 3.85. The zero-order valence-electron chi connectivity index (χ0n) is 11.1. The summed E-state index contributed by atoms with van der Waals surface area (Å²) in [5, 5.41) is 3.12. The number of hydrogen-bond acceptors (Lipinski definition) is 4. The highest BCUT2D eigenvalue weighted by Gasteiger charge is 2.25. The quantitative estimate of drug-likeness (QED) is 0.917. The van der Waals surface area contributed by atoms with E-state index in [9.17, 15) is 4.79 Å². The van der Waals surface area contributed by atoms with Crippen LogP contribution in [-0.2, 0) is 0 Å². The van der Waals surface area contributed by atoms with E-state index in [1.807, 2.05) is 26.0 Å². The van der Waals surface area contributed by atoms with Crippen molar-refractivity contribution in [1.82, 2.24) is 9.55 Å². The lowest BCUT2D eigenvalue weighted by molar-refractivity contribution is 0.466. The number of nitrogens with one attached hydrogen (secondary N) is 1. The van der Waals surface area contributed by atoms with Gasteiger partial charge in [0.1, 0.15) is 11.5 Å². The molecule has 0 saturated heterocycles. The molecule has 2 heterocycles. The molecule has 19 heavy (non-hydrogen) atoms. The Morgan fingerprint density at radius 2 is 2.26 bits per heavy atom. The Morgan fingerprint density at radius 3 is 2.89 bits per heavy atom. The first-order valence-electron chi connectivity index (χ1n) is 6.55. The fourth-order valence-electron chi connectivity index (χ4n) is 2.13. The summed E-state index contributed by atoms with van der Waals surface area (Å²) in [7, 11) is 0. The smallest absolute Gasteiger partial charge is 0.293 e. The van der Waals surface area contributed by atoms with E-state index >= 15 is 0 Å². The van der Waals surface area contributed by atoms with Gasteiger partial charge in [0.2, 0.25) is 0 Å². The number of aryl methyl sites for hydroxylation is 1. The molecule has 0 aromatic carbocycles. The summed E-state index contributed by atoms with van der Waals surface area (Å²) in [4.78, 5) is 16.4. The minimum atomic E-state index is -0.0797. The average Bonchev–Trinajstić information content (AvgIpc) is 3.13. The first-order valence-corrected chi connectivity index (χ1v) is 6.55. The van der Waals surface area contributed by atoms with Crippen molar-refractivity contribution in [3.8, 4) is 0 Å². The Bertz CT molecular complexity index is 640. The van der Waals surface area contributed by atoms with Gasteiger partial charge in [-0.1, -0.05) is 0 Å². The topological polar surface area (TPSA) is 60.1 Å². The third kappa shape index (κ3) is 2.41. The summed E-state index contributed by atoms with van der Waals surface area (Å²) in [6.07, 6.45) is 5.58. The molecule has 1 saturated carbocycles. The Hall–Kier alpha value is -2.04. The highest BCUT2D eigenvalue weighted by molar-refractivity contribution is 5.34. The van der Waals surface area contributed by atoms with Crippen LogP contribution in [0.2, 0.25) is 0 Å². The maximum absolute atomic E-state index is 12.2. The minimum Gasteiger partial charge on any atom is -0.464 e. The summed E-state index contributed by atoms with van der Waals surface area (Å²) in [5.41, 5.74) is -0.0554. The van der Waals surface area contributed by atoms with Crippen LogP contribution >= 0.6 is 0 Å². The van der Waals surface area contributed by atoms with Crippen LogP contribution in [0.4, 0.5) is 5.82 Å². The lowest BCUT2D eigenvalue weighted by Crippen LogP contribution is -2.24. The SMILES string of the molecule is Cc1ccc(C(C)Nc2nccn(C3CC3)c2=O)o1. The van der Waals surface area contributed by atoms with Crippen molar-refractivity contribution in [3.05, 3.63) is 46.4 Å². The van der Waals surface area contributed by atoms with Crippen molar-refractivity contribution in [1.29, 1.82) is 0 Å². The number of nitrogens with zero attached hydrogens (tertiary/aromatic N) is 2. The Labute approximate surface area is 111 Å². The predicted molar refractivity (Wildman–Crippen MR) is 72.3 cm³/mol. The molecular formula is C14H17N3O2. The fraction of sp³-hybridized carbons (Fsp3) is 0.429. The van der Waals surface area contributed by atoms with Gasteiger partial charge < -0.3 is 14.3 Å². The monoisotopic (exact) mass is 259 g/mol. The third-order valence-electron chi connectivity index (χ3n) is 3.35. The molecule has 100 valence electrons. The maximum Gasteiger partial charge on any atom is 0.293 e. The van der Waals surface area contributed by atoms with Crippen LogP contribution in [0.25, 0.3) is 0 Å². The maximum atomic E-state index is 12.2. The summed E-state index contributed by atoms with van der Waals surface area (Å²) < 4.78 is 7.31. The molecule has 1 aliphatic rings. The molecule has 1 atom stereocenters. The standard InChI is InChI=1S/C14H17N3O2/c1-9-3-6-12(19-9)10(2)16-13-14(18)17(8-7-15-13)11-4-5-11/h3,6-8,10-11H,4-5H2,1-2H3,(H,15,16). The van der Waals surface area contributed by atoms with Gasteiger partial charge in [0, 0.05) is 18.4 Å². The van der Waals surface area contributed by atoms with Crippen molar-refractivity contribution in [2.24, 2.45) is 0 Å². The number of anilines is 1. The van der Waals surface area contributed by atoms with Gasteiger partial charge in [0.25, 0.3) is 5.56 Å². The van der Waals surface area contributed by atoms with Crippen LogP contribution in [0.15, 0.2) is 33.7 Å². The lowest BCUT2D eigenvalue weighted by Gasteiger charge is -2.12. The van der Waals surface area contributed by atoms with Gasteiger partial charge in [0.15, 0.2) is 5.82 Å². The lowest BCUT2D eigenvalue weighted by atomic mass is 10.2. The second-order valence-corrected chi connectivity index (χ2v) is 5.03. The molecule has 0 radical (unpaired) electrons. The van der Waals surface area contributed by atoms with Crippen LogP contribution in [0.3, 0.4) is 0 Å². The molecule has 2 aromatic rings. The van der Waals surface area contributed by atoms with E-state index in [-0.39, 0.29) is 11.6 Å². The Balaban J connectivity index is 1.83. The molecule has 0 aliphatic heterocycles. The van der Waals surface area contributed by atoms with E-state index in [1.54, 1.807) is 17.0 Å². The van der Waals surface area contributed by atoms with Crippen molar-refractivity contribution >= 4 is 5.82 Å². The van der Waals surface area contributed by atoms with Crippen molar-refractivity contribution in [2.75, 3.05) is 5.32 Å². The molecule has 2 aromatic heterocycles. The van der Waals surface area contributed by atoms with Gasteiger partial charge in [-0.05, 0) is 38.8 Å². The van der Waals surface area contributed by atoms with Gasteiger partial charge in [-0.2, -0.15) is 0 Å². The first-order chi connectivity index (χ1) is 9.15. The molecule has 1 N–H and O–H groups in total. The zero-order chi connectivity index (χ0) is 13.4. The molecule has 5 heteroatoms. The zero-order valence-corrected chi connectivity index (χ0v) is 11.1. The van der Waals surface area contributed by atoms with Crippen LogP contribution in [0.1, 0.15) is 43.4 Å². The second-order valence-electron chi connectivity index (χ2n) is 5.03. The molecule has 0 spiro atoms. The van der Waals surface area contributed by atoms with Gasteiger partial charge in [-0.25, -0.2) is 4.98 Å². The number of rotatable bonds is 4. The van der Waals surface area contributed by atoms with Gasteiger partial charge in [0.05, 0.1) is 6.04 Å². The van der Waals surface area contributed by atoms with Crippen molar-refractivity contribution < 1.29 is 4.42 Å². The predicted octanol–water partition coefficient (Wildman–Crippen LogP) is 2.65. The molecule has 0 amide bonds. The molecule has 3 rings (SSSR count). The summed E-state index contributed by atoms with van der Waals surface area (Å²) >= 11 is 0. The van der Waals surface area contributed by atoms with Gasteiger partial charge in [-0.3, -0.25) is 4.79 Å². The largest absolute Gasteiger partial charge is 0.464 e. The van der Waals surface area contributed by atoms with Crippen LogP contribution in [0.5, 0.6) is 0 Å². The van der Waals surface area contributed by atoms with Crippen molar-refractivity contribution in [3.63, 3.8) is 0 Å². The number of hydrogen-bond donors (Lipinski definition) is 1. The molecule has 1 aliphatic carbocycles. The first kappa shape index (κ1) is 12.0. The molecular weight excluding hydrogens is 242 g/mol. The van der Waals surface area contributed by atoms with Crippen LogP contribution in [0, 0.1) is 6.92 Å². The summed E-state index contributed by atoms with van der Waals surface area (Å²) in [5.74, 6) is 2.05. The molecule has 1 unspecified atom stereocenters. The van der Waals surface area contributed by atoms with Crippen LogP contribution < -0.4 is 10.9 Å². The number of furan rings is 1. The molecule has 5 nitrogen and oxygen atoms in total. The highest BCUT2D eigenvalue weighted by atomic mass is 16.3. The number of aromatic nitrogens is 2. The van der Waals surface area contributed by atoms with E-state index in [1.165, 1.54) is 0 Å². The fourth-order valence-corrected chi connectivity index (χ4v) is 2.13. The Morgan fingerprint density at radius 1 is 1.47 bits per heavy atom. The minimum absolute atomic E-state index is 0.0554. The van der Waals surface area contributed by atoms with Gasteiger partial charge in [-0.15, -0.1) is 0 Å². The normalized spacial score (nSPS) is 16.3. The summed E-state index contributed by atoms with van der Waals surface area (Å²) in [6, 6.07) is 4.10. The van der Waals surface area contributed by atoms with E-state index < -0.39 is 0 Å². The van der Waals surface area contributed by atoms with Crippen molar-refractivity contribution in [2.45, 2.75) is 38.8 Å². The van der Waals surface area contributed by atoms with Crippen LogP contribution in [-0.4, -0.2) is 9.55 Å². The molecule has 1 fully saturated rings. The second kappa shape index (κ2) is 4.57. The van der Waals surface area contributed by atoms with E-state index in [0.29, 0.717) is 11.9 Å². The Kier molecular flexibility index (Phi) is 2.89. The van der Waals surface area contributed by atoms with E-state index in [4.69, 9.17) is 4.42 Å². The average molecular weight is 259 g/mol.